The molecule has 0 aromatic heterocycles. The minimum atomic E-state index is -0.0414. The van der Waals surface area contributed by atoms with Crippen LogP contribution in [0.4, 0.5) is 11.4 Å². The monoisotopic (exact) mass is 370 g/mol. The second kappa shape index (κ2) is 7.14. The lowest BCUT2D eigenvalue weighted by molar-refractivity contribution is -0.114. The normalized spacial score (nSPS) is 15.3. The zero-order valence-corrected chi connectivity index (χ0v) is 15.3. The summed E-state index contributed by atoms with van der Waals surface area (Å²) in [5.41, 5.74) is 4.35. The smallest absolute Gasteiger partial charge is 0.234 e. The van der Waals surface area contributed by atoms with Gasteiger partial charge in [-0.1, -0.05) is 6.07 Å². The van der Waals surface area contributed by atoms with E-state index in [0.29, 0.717) is 17.2 Å². The number of amides is 2. The van der Waals surface area contributed by atoms with Crippen LogP contribution in [0, 0.1) is 0 Å². The van der Waals surface area contributed by atoms with Crippen LogP contribution in [0.2, 0.25) is 0 Å². The molecule has 1 aliphatic carbocycles. The quantitative estimate of drug-likeness (QED) is 0.800. The van der Waals surface area contributed by atoms with Crippen LogP contribution in [-0.4, -0.2) is 23.3 Å². The highest BCUT2D eigenvalue weighted by Gasteiger charge is 2.16. The Balaban J connectivity index is 1.36. The van der Waals surface area contributed by atoms with E-state index in [9.17, 15) is 9.59 Å². The van der Waals surface area contributed by atoms with E-state index in [2.05, 4.69) is 28.8 Å². The van der Waals surface area contributed by atoms with Crippen LogP contribution < -0.4 is 10.6 Å². The third-order valence-corrected chi connectivity index (χ3v) is 6.40. The summed E-state index contributed by atoms with van der Waals surface area (Å²) in [5, 5.41) is 5.75. The van der Waals surface area contributed by atoms with Crippen molar-refractivity contribution in [1.29, 1.82) is 0 Å². The lowest BCUT2D eigenvalue weighted by Gasteiger charge is -2.17. The predicted octanol–water partition coefficient (Wildman–Crippen LogP) is 3.95. The Bertz CT molecular complexity index is 851. The van der Waals surface area contributed by atoms with Gasteiger partial charge < -0.3 is 10.6 Å². The Labute approximate surface area is 155 Å². The minimum Gasteiger partial charge on any atom is -0.325 e. The van der Waals surface area contributed by atoms with E-state index < -0.39 is 0 Å². The molecule has 2 amide bonds. The molecule has 4 nitrogen and oxygen atoms in total. The van der Waals surface area contributed by atoms with Crippen LogP contribution in [0.5, 0.6) is 0 Å². The van der Waals surface area contributed by atoms with E-state index >= 15 is 0 Å². The molecular formula is C19H18N2O2S2. The Hall–Kier alpha value is -1.92. The summed E-state index contributed by atoms with van der Waals surface area (Å²) in [6.45, 7) is 0. The third-order valence-electron chi connectivity index (χ3n) is 4.34. The number of anilines is 2. The van der Waals surface area contributed by atoms with Crippen LogP contribution in [0.3, 0.4) is 0 Å². The van der Waals surface area contributed by atoms with Gasteiger partial charge in [0, 0.05) is 15.5 Å². The van der Waals surface area contributed by atoms with Gasteiger partial charge in [0.05, 0.1) is 17.2 Å². The number of hydrogen-bond acceptors (Lipinski definition) is 4. The van der Waals surface area contributed by atoms with E-state index in [1.54, 1.807) is 11.8 Å². The molecule has 25 heavy (non-hydrogen) atoms. The van der Waals surface area contributed by atoms with E-state index in [1.165, 1.54) is 35.7 Å². The number of thioether (sulfide) groups is 2. The minimum absolute atomic E-state index is 0.00635. The first-order chi connectivity index (χ1) is 12.2. The lowest BCUT2D eigenvalue weighted by Crippen LogP contribution is -2.19. The summed E-state index contributed by atoms with van der Waals surface area (Å²) >= 11 is 3.07. The molecule has 0 fully saturated rings. The van der Waals surface area contributed by atoms with Gasteiger partial charge in [-0.15, -0.1) is 23.5 Å². The third kappa shape index (κ3) is 3.85. The molecule has 0 unspecified atom stereocenters. The molecular weight excluding hydrogens is 352 g/mol. The van der Waals surface area contributed by atoms with Crippen molar-refractivity contribution in [2.75, 3.05) is 22.1 Å². The summed E-state index contributed by atoms with van der Waals surface area (Å²) in [6, 6.07) is 12.1. The summed E-state index contributed by atoms with van der Waals surface area (Å²) < 4.78 is 0. The van der Waals surface area contributed by atoms with Crippen LogP contribution in [0.1, 0.15) is 17.5 Å². The van der Waals surface area contributed by atoms with Gasteiger partial charge in [-0.3, -0.25) is 9.59 Å². The highest BCUT2D eigenvalue weighted by Crippen LogP contribution is 2.33. The van der Waals surface area contributed by atoms with Gasteiger partial charge in [0.2, 0.25) is 11.8 Å². The molecule has 2 aromatic carbocycles. The number of nitrogens with one attached hydrogen (secondary N) is 2. The highest BCUT2D eigenvalue weighted by molar-refractivity contribution is 8.00. The largest absolute Gasteiger partial charge is 0.325 e. The summed E-state index contributed by atoms with van der Waals surface area (Å²) in [7, 11) is 0. The Morgan fingerprint density at radius 3 is 2.96 bits per heavy atom. The van der Waals surface area contributed by atoms with Crippen LogP contribution >= 0.6 is 23.5 Å². The molecule has 1 heterocycles. The zero-order chi connectivity index (χ0) is 17.2. The standard InChI is InChI=1S/C19H18N2O2S2/c22-18(10-24-15-6-4-12-2-1-3-13(12)8-15)20-14-5-7-17-16(9-14)21-19(23)11-25-17/h4-9H,1-3,10-11H2,(H,20,22)(H,21,23). The molecule has 6 heteroatoms. The van der Waals surface area contributed by atoms with Gasteiger partial charge in [0.15, 0.2) is 0 Å². The fourth-order valence-electron chi connectivity index (χ4n) is 3.14. The average Bonchev–Trinajstić information content (AvgIpc) is 3.07. The molecule has 2 N–H and O–H groups in total. The average molecular weight is 370 g/mol. The molecule has 2 aliphatic rings. The van der Waals surface area contributed by atoms with Gasteiger partial charge >= 0.3 is 0 Å². The maximum absolute atomic E-state index is 12.2. The van der Waals surface area contributed by atoms with Crippen molar-refractivity contribution in [1.82, 2.24) is 0 Å². The second-order valence-electron chi connectivity index (χ2n) is 6.17. The maximum atomic E-state index is 12.2. The molecule has 0 saturated carbocycles. The maximum Gasteiger partial charge on any atom is 0.234 e. The van der Waals surface area contributed by atoms with Crippen LogP contribution in [-0.2, 0) is 22.4 Å². The number of benzene rings is 2. The van der Waals surface area contributed by atoms with E-state index in [1.807, 2.05) is 18.2 Å². The van der Waals surface area contributed by atoms with Gasteiger partial charge in [0.1, 0.15) is 0 Å². The van der Waals surface area contributed by atoms with Gasteiger partial charge in [0.25, 0.3) is 0 Å². The number of rotatable bonds is 4. The fourth-order valence-corrected chi connectivity index (χ4v) is 4.69. The number of fused-ring (bicyclic) bond motifs is 2. The van der Waals surface area contributed by atoms with Gasteiger partial charge in [-0.2, -0.15) is 0 Å². The molecule has 0 saturated heterocycles. The Morgan fingerprint density at radius 1 is 1.16 bits per heavy atom. The first-order valence-electron chi connectivity index (χ1n) is 8.28. The first-order valence-corrected chi connectivity index (χ1v) is 10.3. The predicted molar refractivity (Wildman–Crippen MR) is 104 cm³/mol. The summed E-state index contributed by atoms with van der Waals surface area (Å²) in [4.78, 5) is 25.9. The number of carbonyl (C=O) groups excluding carboxylic acids is 2. The van der Waals surface area contributed by atoms with E-state index in [-0.39, 0.29) is 11.8 Å². The van der Waals surface area contributed by atoms with Crippen molar-refractivity contribution in [2.24, 2.45) is 0 Å². The van der Waals surface area contributed by atoms with Gasteiger partial charge in [-0.05, 0) is 60.7 Å². The lowest BCUT2D eigenvalue weighted by atomic mass is 10.1. The van der Waals surface area contributed by atoms with Crippen molar-refractivity contribution in [3.05, 3.63) is 47.5 Å². The number of aryl methyl sites for hydroxylation is 2. The molecule has 0 atom stereocenters. The van der Waals surface area contributed by atoms with Crippen molar-refractivity contribution in [2.45, 2.75) is 29.1 Å². The first kappa shape index (κ1) is 16.5. The highest BCUT2D eigenvalue weighted by atomic mass is 32.2. The summed E-state index contributed by atoms with van der Waals surface area (Å²) in [6.07, 6.45) is 3.56. The van der Waals surface area contributed by atoms with Crippen LogP contribution in [0.25, 0.3) is 0 Å². The molecule has 0 spiro atoms. The molecule has 2 aromatic rings. The topological polar surface area (TPSA) is 58.2 Å². The fraction of sp³-hybridized carbons (Fsp3) is 0.263. The van der Waals surface area contributed by atoms with E-state index in [0.717, 1.165) is 21.9 Å². The SMILES string of the molecule is O=C(CSc1ccc2c(c1)CCC2)Nc1ccc2c(c1)NC(=O)CS2. The number of carbonyl (C=O) groups is 2. The van der Waals surface area contributed by atoms with E-state index in [4.69, 9.17) is 0 Å². The Kier molecular flexibility index (Phi) is 4.72. The molecule has 1 aliphatic heterocycles. The van der Waals surface area contributed by atoms with Crippen molar-refractivity contribution < 1.29 is 9.59 Å². The van der Waals surface area contributed by atoms with Crippen molar-refractivity contribution in [3.63, 3.8) is 0 Å². The second-order valence-corrected chi connectivity index (χ2v) is 8.23. The molecule has 128 valence electrons. The number of hydrogen-bond donors (Lipinski definition) is 2. The van der Waals surface area contributed by atoms with Crippen molar-refractivity contribution in [3.8, 4) is 0 Å². The Morgan fingerprint density at radius 2 is 2.04 bits per heavy atom. The summed E-state index contributed by atoms with van der Waals surface area (Å²) in [5.74, 6) is 0.765. The molecule has 0 bridgehead atoms. The van der Waals surface area contributed by atoms with Gasteiger partial charge in [-0.25, -0.2) is 0 Å². The van der Waals surface area contributed by atoms with Crippen molar-refractivity contribution >= 4 is 46.7 Å². The molecule has 0 radical (unpaired) electrons. The van der Waals surface area contributed by atoms with Crippen LogP contribution in [0.15, 0.2) is 46.2 Å². The molecule has 4 rings (SSSR count). The zero-order valence-electron chi connectivity index (χ0n) is 13.6.